The fourth-order valence-corrected chi connectivity index (χ4v) is 4.02. The highest BCUT2D eigenvalue weighted by Crippen LogP contribution is 2.20. The van der Waals surface area contributed by atoms with Crippen molar-refractivity contribution in [3.63, 3.8) is 0 Å². The van der Waals surface area contributed by atoms with Gasteiger partial charge in [0.2, 0.25) is 0 Å². The van der Waals surface area contributed by atoms with E-state index in [1.807, 2.05) is 7.05 Å². The van der Waals surface area contributed by atoms with E-state index in [0.717, 1.165) is 64.9 Å². The second kappa shape index (κ2) is 12.8. The lowest BCUT2D eigenvalue weighted by molar-refractivity contribution is 0.0277. The fourth-order valence-electron chi connectivity index (χ4n) is 4.02. The minimum Gasteiger partial charge on any atom is -0.379 e. The van der Waals surface area contributed by atoms with Crippen molar-refractivity contribution in [3.05, 3.63) is 35.4 Å². The maximum absolute atomic E-state index is 5.99. The summed E-state index contributed by atoms with van der Waals surface area (Å²) in [4.78, 5) is 6.79. The van der Waals surface area contributed by atoms with Gasteiger partial charge in [0.25, 0.3) is 0 Å². The first kappa shape index (κ1) is 22.1. The van der Waals surface area contributed by atoms with Crippen molar-refractivity contribution in [3.8, 4) is 0 Å². The third-order valence-electron chi connectivity index (χ3n) is 5.70. The van der Waals surface area contributed by atoms with Crippen molar-refractivity contribution in [2.24, 2.45) is 4.99 Å². The van der Waals surface area contributed by atoms with Crippen LogP contribution in [0.3, 0.4) is 0 Å². The van der Waals surface area contributed by atoms with Crippen LogP contribution in [0.15, 0.2) is 29.3 Å². The normalized spacial score (nSPS) is 19.3. The van der Waals surface area contributed by atoms with Gasteiger partial charge in [0.05, 0.1) is 19.3 Å². The van der Waals surface area contributed by atoms with E-state index < -0.39 is 0 Å². The zero-order chi connectivity index (χ0) is 20.2. The molecule has 6 heteroatoms. The molecule has 0 unspecified atom stereocenters. The summed E-state index contributed by atoms with van der Waals surface area (Å²) in [5, 5.41) is 6.82. The molecule has 1 saturated heterocycles. The van der Waals surface area contributed by atoms with Gasteiger partial charge in [0.1, 0.15) is 0 Å². The molecule has 3 rings (SSSR count). The summed E-state index contributed by atoms with van der Waals surface area (Å²) >= 11 is 0. The molecule has 2 fully saturated rings. The molecule has 0 radical (unpaired) electrons. The van der Waals surface area contributed by atoms with E-state index in [2.05, 4.69) is 44.8 Å². The standard InChI is InChI=1S/C23H38N4O2/c1-24-23(25-11-6-14-29-22-9-3-2-4-10-22)26-18-20-7-5-8-21(17-20)19-27-12-15-28-16-13-27/h5,7-8,17,22H,2-4,6,9-16,18-19H2,1H3,(H2,24,25,26). The highest BCUT2D eigenvalue weighted by Gasteiger charge is 2.13. The molecule has 6 nitrogen and oxygen atoms in total. The second-order valence-electron chi connectivity index (χ2n) is 8.05. The summed E-state index contributed by atoms with van der Waals surface area (Å²) in [6, 6.07) is 8.80. The molecule has 162 valence electrons. The Morgan fingerprint density at radius 3 is 2.72 bits per heavy atom. The monoisotopic (exact) mass is 402 g/mol. The topological polar surface area (TPSA) is 58.1 Å². The maximum atomic E-state index is 5.99. The van der Waals surface area contributed by atoms with Crippen LogP contribution in [0, 0.1) is 0 Å². The molecule has 0 bridgehead atoms. The molecule has 0 atom stereocenters. The smallest absolute Gasteiger partial charge is 0.191 e. The number of guanidine groups is 1. The minimum absolute atomic E-state index is 0.492. The molecule has 0 amide bonds. The van der Waals surface area contributed by atoms with Gasteiger partial charge in [-0.2, -0.15) is 0 Å². The van der Waals surface area contributed by atoms with Gasteiger partial charge in [-0.3, -0.25) is 9.89 Å². The Morgan fingerprint density at radius 1 is 1.14 bits per heavy atom. The third kappa shape index (κ3) is 8.33. The first-order valence-corrected chi connectivity index (χ1v) is 11.3. The van der Waals surface area contributed by atoms with Gasteiger partial charge in [-0.15, -0.1) is 0 Å². The van der Waals surface area contributed by atoms with Crippen LogP contribution in [0.4, 0.5) is 0 Å². The molecule has 29 heavy (non-hydrogen) atoms. The molecule has 0 aromatic heterocycles. The molecule has 0 spiro atoms. The van der Waals surface area contributed by atoms with Gasteiger partial charge in [0.15, 0.2) is 5.96 Å². The summed E-state index contributed by atoms with van der Waals surface area (Å²) in [6.07, 6.45) is 8.00. The van der Waals surface area contributed by atoms with E-state index in [4.69, 9.17) is 9.47 Å². The highest BCUT2D eigenvalue weighted by molar-refractivity contribution is 5.79. The summed E-state index contributed by atoms with van der Waals surface area (Å²) < 4.78 is 11.4. The van der Waals surface area contributed by atoms with Gasteiger partial charge in [-0.05, 0) is 30.4 Å². The number of benzene rings is 1. The van der Waals surface area contributed by atoms with Crippen molar-refractivity contribution >= 4 is 5.96 Å². The van der Waals surface area contributed by atoms with Crippen LogP contribution < -0.4 is 10.6 Å². The Kier molecular flexibility index (Phi) is 9.76. The van der Waals surface area contributed by atoms with E-state index in [-0.39, 0.29) is 0 Å². The zero-order valence-electron chi connectivity index (χ0n) is 18.0. The lowest BCUT2D eigenvalue weighted by Gasteiger charge is -2.26. The molecule has 1 aliphatic heterocycles. The van der Waals surface area contributed by atoms with Gasteiger partial charge in [-0.1, -0.05) is 43.5 Å². The molecule has 1 heterocycles. The van der Waals surface area contributed by atoms with Crippen molar-refractivity contribution in [1.82, 2.24) is 15.5 Å². The maximum Gasteiger partial charge on any atom is 0.191 e. The van der Waals surface area contributed by atoms with E-state index in [1.165, 1.54) is 43.2 Å². The molecular weight excluding hydrogens is 364 g/mol. The Bertz CT molecular complexity index is 611. The predicted octanol–water partition coefficient (Wildman–Crippen LogP) is 2.92. The molecule has 1 aromatic carbocycles. The molecule has 1 aliphatic carbocycles. The Morgan fingerprint density at radius 2 is 1.93 bits per heavy atom. The minimum atomic E-state index is 0.492. The lowest BCUT2D eigenvalue weighted by Crippen LogP contribution is -2.37. The average Bonchev–Trinajstić information content (AvgIpc) is 2.77. The molecule has 1 saturated carbocycles. The molecule has 1 aromatic rings. The zero-order valence-corrected chi connectivity index (χ0v) is 18.0. The third-order valence-corrected chi connectivity index (χ3v) is 5.70. The van der Waals surface area contributed by atoms with Gasteiger partial charge in [-0.25, -0.2) is 0 Å². The first-order valence-electron chi connectivity index (χ1n) is 11.3. The lowest BCUT2D eigenvalue weighted by atomic mass is 9.98. The van der Waals surface area contributed by atoms with Crippen LogP contribution in [-0.4, -0.2) is 63.5 Å². The van der Waals surface area contributed by atoms with E-state index >= 15 is 0 Å². The Balaban J connectivity index is 1.32. The second-order valence-corrected chi connectivity index (χ2v) is 8.05. The molecule has 2 aliphatic rings. The van der Waals surface area contributed by atoms with Crippen molar-refractivity contribution in [2.45, 2.75) is 57.7 Å². The SMILES string of the molecule is CN=C(NCCCOC1CCCCC1)NCc1cccc(CN2CCOCC2)c1. The largest absolute Gasteiger partial charge is 0.379 e. The van der Waals surface area contributed by atoms with Crippen LogP contribution in [-0.2, 0) is 22.6 Å². The van der Waals surface area contributed by atoms with Crippen LogP contribution >= 0.6 is 0 Å². The predicted molar refractivity (Wildman–Crippen MR) is 118 cm³/mol. The fraction of sp³-hybridized carbons (Fsp3) is 0.696. The summed E-state index contributed by atoms with van der Waals surface area (Å²) in [5.74, 6) is 0.848. The highest BCUT2D eigenvalue weighted by atomic mass is 16.5. The van der Waals surface area contributed by atoms with E-state index in [9.17, 15) is 0 Å². The van der Waals surface area contributed by atoms with Gasteiger partial charge >= 0.3 is 0 Å². The van der Waals surface area contributed by atoms with Crippen molar-refractivity contribution in [2.75, 3.05) is 46.5 Å². The van der Waals surface area contributed by atoms with Gasteiger partial charge < -0.3 is 20.1 Å². The number of hydrogen-bond acceptors (Lipinski definition) is 4. The number of morpholine rings is 1. The number of hydrogen-bond donors (Lipinski definition) is 2. The number of rotatable bonds is 9. The summed E-state index contributed by atoms with van der Waals surface area (Å²) in [5.41, 5.74) is 2.63. The van der Waals surface area contributed by atoms with E-state index in [0.29, 0.717) is 6.10 Å². The number of nitrogens with one attached hydrogen (secondary N) is 2. The average molecular weight is 403 g/mol. The summed E-state index contributed by atoms with van der Waals surface area (Å²) in [7, 11) is 1.82. The molecule has 2 N–H and O–H groups in total. The van der Waals surface area contributed by atoms with Crippen molar-refractivity contribution in [1.29, 1.82) is 0 Å². The van der Waals surface area contributed by atoms with Crippen molar-refractivity contribution < 1.29 is 9.47 Å². The number of ether oxygens (including phenoxy) is 2. The van der Waals surface area contributed by atoms with Crippen LogP contribution in [0.1, 0.15) is 49.7 Å². The van der Waals surface area contributed by atoms with E-state index in [1.54, 1.807) is 0 Å². The van der Waals surface area contributed by atoms with Crippen LogP contribution in [0.5, 0.6) is 0 Å². The van der Waals surface area contributed by atoms with Crippen LogP contribution in [0.25, 0.3) is 0 Å². The Labute approximate surface area is 176 Å². The van der Waals surface area contributed by atoms with Crippen LogP contribution in [0.2, 0.25) is 0 Å². The number of nitrogens with zero attached hydrogens (tertiary/aromatic N) is 2. The Hall–Kier alpha value is -1.63. The summed E-state index contributed by atoms with van der Waals surface area (Å²) in [6.45, 7) is 7.19. The number of aliphatic imine (C=N–C) groups is 1. The quantitative estimate of drug-likeness (QED) is 0.378. The molecular formula is C23H38N4O2. The van der Waals surface area contributed by atoms with Gasteiger partial charge in [0, 0.05) is 46.4 Å². The first-order chi connectivity index (χ1) is 14.3.